The molecule has 0 fully saturated rings. The van der Waals surface area contributed by atoms with Crippen LogP contribution in [0.3, 0.4) is 0 Å². The first kappa shape index (κ1) is 9.16. The van der Waals surface area contributed by atoms with Crippen molar-refractivity contribution in [3.63, 3.8) is 0 Å². The Morgan fingerprint density at radius 3 is 3.08 bits per heavy atom. The molecular weight excluding hydrogens is 255 g/mol. The summed E-state index contributed by atoms with van der Waals surface area (Å²) in [4.78, 5) is 0. The van der Waals surface area contributed by atoms with Crippen LogP contribution in [0.5, 0.6) is 11.5 Å². The highest BCUT2D eigenvalue weighted by Gasteiger charge is 2.19. The molecule has 70 valence electrons. The standard InChI is InChI=1S/C9H8BrClO2/c10-4-7-5-12-8-2-1-6(11)3-9(8)13-7/h1-3,7H,4-5H2. The number of rotatable bonds is 1. The van der Waals surface area contributed by atoms with Gasteiger partial charge in [0.25, 0.3) is 0 Å². The Hall–Kier alpha value is -0.410. The Bertz CT molecular complexity index is 316. The smallest absolute Gasteiger partial charge is 0.163 e. The fraction of sp³-hybridized carbons (Fsp3) is 0.333. The molecule has 1 atom stereocenters. The number of hydrogen-bond acceptors (Lipinski definition) is 2. The summed E-state index contributed by atoms with van der Waals surface area (Å²) in [6.07, 6.45) is 0.0750. The van der Waals surface area contributed by atoms with Gasteiger partial charge in [-0.15, -0.1) is 0 Å². The third-order valence-corrected chi connectivity index (χ3v) is 2.75. The molecule has 4 heteroatoms. The summed E-state index contributed by atoms with van der Waals surface area (Å²) in [5, 5.41) is 1.43. The summed E-state index contributed by atoms with van der Waals surface area (Å²) in [7, 11) is 0. The summed E-state index contributed by atoms with van der Waals surface area (Å²) in [5.74, 6) is 1.49. The van der Waals surface area contributed by atoms with Gasteiger partial charge in [0, 0.05) is 16.4 Å². The van der Waals surface area contributed by atoms with E-state index in [2.05, 4.69) is 15.9 Å². The molecule has 1 aromatic rings. The lowest BCUT2D eigenvalue weighted by Crippen LogP contribution is -2.30. The Kier molecular flexibility index (Phi) is 2.65. The van der Waals surface area contributed by atoms with Crippen molar-refractivity contribution >= 4 is 27.5 Å². The van der Waals surface area contributed by atoms with Crippen molar-refractivity contribution in [2.24, 2.45) is 0 Å². The van der Waals surface area contributed by atoms with Gasteiger partial charge in [-0.05, 0) is 12.1 Å². The minimum Gasteiger partial charge on any atom is -0.486 e. The maximum Gasteiger partial charge on any atom is 0.163 e. The van der Waals surface area contributed by atoms with Crippen molar-refractivity contribution in [3.05, 3.63) is 23.2 Å². The topological polar surface area (TPSA) is 18.5 Å². The SMILES string of the molecule is Clc1ccc2c(c1)OC(CBr)CO2. The Morgan fingerprint density at radius 2 is 2.31 bits per heavy atom. The van der Waals surface area contributed by atoms with Crippen molar-refractivity contribution in [1.82, 2.24) is 0 Å². The summed E-state index contributed by atoms with van der Waals surface area (Å²) in [5.41, 5.74) is 0. The van der Waals surface area contributed by atoms with Gasteiger partial charge in [-0.2, -0.15) is 0 Å². The van der Waals surface area contributed by atoms with Crippen molar-refractivity contribution in [2.75, 3.05) is 11.9 Å². The first-order valence-corrected chi connectivity index (χ1v) is 5.44. The van der Waals surface area contributed by atoms with Gasteiger partial charge in [-0.3, -0.25) is 0 Å². The van der Waals surface area contributed by atoms with Crippen molar-refractivity contribution < 1.29 is 9.47 Å². The second-order valence-corrected chi connectivity index (χ2v) is 3.88. The molecule has 0 N–H and O–H groups in total. The average molecular weight is 264 g/mol. The second kappa shape index (κ2) is 3.76. The molecule has 0 aliphatic carbocycles. The predicted molar refractivity (Wildman–Crippen MR) is 55.2 cm³/mol. The molecule has 13 heavy (non-hydrogen) atoms. The zero-order valence-electron chi connectivity index (χ0n) is 6.80. The van der Waals surface area contributed by atoms with Gasteiger partial charge in [0.1, 0.15) is 12.7 Å². The molecule has 1 aliphatic heterocycles. The molecule has 0 saturated carbocycles. The van der Waals surface area contributed by atoms with Gasteiger partial charge < -0.3 is 9.47 Å². The largest absolute Gasteiger partial charge is 0.486 e. The van der Waals surface area contributed by atoms with Crippen LogP contribution in [-0.4, -0.2) is 18.0 Å². The molecule has 0 saturated heterocycles. The van der Waals surface area contributed by atoms with E-state index in [1.165, 1.54) is 0 Å². The lowest BCUT2D eigenvalue weighted by Gasteiger charge is -2.25. The van der Waals surface area contributed by atoms with E-state index in [0.29, 0.717) is 11.6 Å². The molecule has 0 spiro atoms. The molecule has 1 heterocycles. The molecule has 0 aromatic heterocycles. The highest BCUT2D eigenvalue weighted by atomic mass is 79.9. The average Bonchev–Trinajstić information content (AvgIpc) is 2.16. The third kappa shape index (κ3) is 1.92. The van der Waals surface area contributed by atoms with Gasteiger partial charge in [-0.1, -0.05) is 27.5 Å². The van der Waals surface area contributed by atoms with Crippen LogP contribution < -0.4 is 9.47 Å². The molecule has 2 nitrogen and oxygen atoms in total. The van der Waals surface area contributed by atoms with Crippen LogP contribution in [0, 0.1) is 0 Å². The highest BCUT2D eigenvalue weighted by Crippen LogP contribution is 2.34. The number of fused-ring (bicyclic) bond motifs is 1. The van der Waals surface area contributed by atoms with E-state index < -0.39 is 0 Å². The summed E-state index contributed by atoms with van der Waals surface area (Å²) >= 11 is 9.16. The normalized spacial score (nSPS) is 20.0. The Morgan fingerprint density at radius 1 is 1.46 bits per heavy atom. The van der Waals surface area contributed by atoms with Crippen LogP contribution in [0.15, 0.2) is 18.2 Å². The summed E-state index contributed by atoms with van der Waals surface area (Å²) in [6, 6.07) is 5.38. The van der Waals surface area contributed by atoms with Gasteiger partial charge in [-0.25, -0.2) is 0 Å². The van der Waals surface area contributed by atoms with Crippen LogP contribution in [0.25, 0.3) is 0 Å². The van der Waals surface area contributed by atoms with Crippen LogP contribution in [-0.2, 0) is 0 Å². The van der Waals surface area contributed by atoms with Gasteiger partial charge >= 0.3 is 0 Å². The van der Waals surface area contributed by atoms with E-state index in [1.54, 1.807) is 12.1 Å². The van der Waals surface area contributed by atoms with E-state index in [-0.39, 0.29) is 6.10 Å². The Labute approximate surface area is 89.9 Å². The van der Waals surface area contributed by atoms with E-state index in [4.69, 9.17) is 21.1 Å². The van der Waals surface area contributed by atoms with Crippen molar-refractivity contribution in [3.8, 4) is 11.5 Å². The Balaban J connectivity index is 2.27. The van der Waals surface area contributed by atoms with E-state index >= 15 is 0 Å². The zero-order valence-corrected chi connectivity index (χ0v) is 9.14. The predicted octanol–water partition coefficient (Wildman–Crippen LogP) is 2.87. The summed E-state index contributed by atoms with van der Waals surface area (Å²) in [6.45, 7) is 0.583. The van der Waals surface area contributed by atoms with Crippen LogP contribution >= 0.6 is 27.5 Å². The van der Waals surface area contributed by atoms with Gasteiger partial charge in [0.2, 0.25) is 0 Å². The number of ether oxygens (including phenoxy) is 2. The molecule has 1 aliphatic rings. The van der Waals surface area contributed by atoms with Crippen LogP contribution in [0.1, 0.15) is 0 Å². The second-order valence-electron chi connectivity index (χ2n) is 2.80. The maximum atomic E-state index is 5.82. The van der Waals surface area contributed by atoms with Crippen LogP contribution in [0.2, 0.25) is 5.02 Å². The fourth-order valence-corrected chi connectivity index (χ4v) is 1.65. The molecule has 1 unspecified atom stereocenters. The number of alkyl halides is 1. The van der Waals surface area contributed by atoms with Gasteiger partial charge in [0.15, 0.2) is 11.5 Å². The zero-order chi connectivity index (χ0) is 9.26. The van der Waals surface area contributed by atoms with Crippen molar-refractivity contribution in [1.29, 1.82) is 0 Å². The molecular formula is C9H8BrClO2. The lowest BCUT2D eigenvalue weighted by molar-refractivity contribution is 0.108. The van der Waals surface area contributed by atoms with E-state index in [1.807, 2.05) is 6.07 Å². The van der Waals surface area contributed by atoms with E-state index in [9.17, 15) is 0 Å². The van der Waals surface area contributed by atoms with Crippen LogP contribution in [0.4, 0.5) is 0 Å². The number of hydrogen-bond donors (Lipinski definition) is 0. The first-order valence-electron chi connectivity index (χ1n) is 3.94. The summed E-state index contributed by atoms with van der Waals surface area (Å²) < 4.78 is 11.1. The van der Waals surface area contributed by atoms with Crippen molar-refractivity contribution in [2.45, 2.75) is 6.10 Å². The minimum absolute atomic E-state index is 0.0750. The number of halogens is 2. The first-order chi connectivity index (χ1) is 6.29. The monoisotopic (exact) mass is 262 g/mol. The highest BCUT2D eigenvalue weighted by molar-refractivity contribution is 9.09. The molecule has 0 amide bonds. The third-order valence-electron chi connectivity index (χ3n) is 1.80. The van der Waals surface area contributed by atoms with E-state index in [0.717, 1.165) is 16.8 Å². The maximum absolute atomic E-state index is 5.82. The number of benzene rings is 1. The quantitative estimate of drug-likeness (QED) is 0.725. The fourth-order valence-electron chi connectivity index (χ4n) is 1.17. The molecule has 0 bridgehead atoms. The van der Waals surface area contributed by atoms with Gasteiger partial charge in [0.05, 0.1) is 0 Å². The molecule has 2 rings (SSSR count). The molecule has 0 radical (unpaired) electrons. The molecule has 1 aromatic carbocycles. The lowest BCUT2D eigenvalue weighted by atomic mass is 10.3. The minimum atomic E-state index is 0.0750.